The Morgan fingerprint density at radius 1 is 1.11 bits per heavy atom. The number of likely N-dealkylation sites (N-methyl/N-ethyl adjacent to an activating group) is 1. The summed E-state index contributed by atoms with van der Waals surface area (Å²) in [6.45, 7) is 3.36. The summed E-state index contributed by atoms with van der Waals surface area (Å²) in [6.07, 6.45) is 0.879. The molecule has 3 rings (SSSR count). The van der Waals surface area contributed by atoms with Gasteiger partial charge in [0.25, 0.3) is 0 Å². The number of nitrogens with zero attached hydrogens (tertiary/aromatic N) is 2. The molecule has 0 unspecified atom stereocenters. The Hall–Kier alpha value is -2.16. The second-order valence-electron chi connectivity index (χ2n) is 6.29. The van der Waals surface area contributed by atoms with Crippen LogP contribution in [0.5, 0.6) is 17.2 Å². The van der Waals surface area contributed by atoms with E-state index in [1.807, 2.05) is 43.4 Å². The Bertz CT molecular complexity index is 756. The number of para-hydroxylation sites is 1. The number of fused-ring (bicyclic) bond motifs is 1. The molecule has 0 fully saturated rings. The Morgan fingerprint density at radius 2 is 1.86 bits per heavy atom. The maximum Gasteiger partial charge on any atom is 0.193 e. The van der Waals surface area contributed by atoms with E-state index in [-0.39, 0.29) is 24.0 Å². The first-order chi connectivity index (χ1) is 13.3. The fourth-order valence-corrected chi connectivity index (χ4v) is 2.87. The van der Waals surface area contributed by atoms with Gasteiger partial charge >= 0.3 is 0 Å². The molecule has 1 N–H and O–H groups in total. The maximum atomic E-state index is 5.75. The second kappa shape index (κ2) is 11.6. The first-order valence-electron chi connectivity index (χ1n) is 9.24. The number of rotatable bonds is 7. The maximum absolute atomic E-state index is 5.75. The molecular formula is C21H28IN3O3. The highest BCUT2D eigenvalue weighted by atomic mass is 127. The fraction of sp³-hybridized carbons (Fsp3) is 0.381. The smallest absolute Gasteiger partial charge is 0.193 e. The summed E-state index contributed by atoms with van der Waals surface area (Å²) in [4.78, 5) is 6.41. The molecule has 152 valence electrons. The number of halogens is 1. The zero-order valence-corrected chi connectivity index (χ0v) is 18.7. The van der Waals surface area contributed by atoms with Gasteiger partial charge in [0, 0.05) is 20.6 Å². The molecule has 0 spiro atoms. The van der Waals surface area contributed by atoms with Crippen molar-refractivity contribution in [2.45, 2.75) is 6.42 Å². The van der Waals surface area contributed by atoms with Crippen molar-refractivity contribution in [2.75, 3.05) is 47.0 Å². The zero-order valence-electron chi connectivity index (χ0n) is 16.4. The minimum absolute atomic E-state index is 0. The molecule has 2 aromatic carbocycles. The van der Waals surface area contributed by atoms with Crippen LogP contribution in [0.4, 0.5) is 0 Å². The highest BCUT2D eigenvalue weighted by Gasteiger charge is 2.12. The normalized spacial score (nSPS) is 12.7. The molecule has 1 aliphatic heterocycles. The molecule has 0 amide bonds. The lowest BCUT2D eigenvalue weighted by Crippen LogP contribution is -2.41. The summed E-state index contributed by atoms with van der Waals surface area (Å²) in [5.41, 5.74) is 1.21. The Morgan fingerprint density at radius 3 is 2.61 bits per heavy atom. The molecule has 0 aliphatic carbocycles. The molecule has 0 bridgehead atoms. The molecular weight excluding hydrogens is 469 g/mol. The van der Waals surface area contributed by atoms with Crippen molar-refractivity contribution in [3.63, 3.8) is 0 Å². The summed E-state index contributed by atoms with van der Waals surface area (Å²) < 4.78 is 16.9. The van der Waals surface area contributed by atoms with E-state index in [9.17, 15) is 0 Å². The summed E-state index contributed by atoms with van der Waals surface area (Å²) >= 11 is 0. The van der Waals surface area contributed by atoms with Gasteiger partial charge < -0.3 is 24.4 Å². The number of aliphatic imine (C=N–C) groups is 1. The van der Waals surface area contributed by atoms with Crippen LogP contribution in [0.1, 0.15) is 5.56 Å². The largest absolute Gasteiger partial charge is 0.492 e. The van der Waals surface area contributed by atoms with E-state index in [1.54, 1.807) is 7.05 Å². The van der Waals surface area contributed by atoms with Gasteiger partial charge in [-0.05, 0) is 36.2 Å². The van der Waals surface area contributed by atoms with E-state index in [0.29, 0.717) is 19.8 Å². The predicted octanol–water partition coefficient (Wildman–Crippen LogP) is 3.20. The first-order valence-corrected chi connectivity index (χ1v) is 9.24. The van der Waals surface area contributed by atoms with Gasteiger partial charge in [0.1, 0.15) is 25.6 Å². The van der Waals surface area contributed by atoms with Gasteiger partial charge in [-0.3, -0.25) is 4.99 Å². The van der Waals surface area contributed by atoms with Crippen LogP contribution in [0.15, 0.2) is 53.5 Å². The highest BCUT2D eigenvalue weighted by molar-refractivity contribution is 14.0. The Labute approximate surface area is 183 Å². The monoisotopic (exact) mass is 497 g/mol. The number of nitrogens with one attached hydrogen (secondary N) is 1. The molecule has 6 nitrogen and oxygen atoms in total. The average Bonchev–Trinajstić information content (AvgIpc) is 2.72. The molecule has 0 radical (unpaired) electrons. The van der Waals surface area contributed by atoms with Crippen LogP contribution in [0.3, 0.4) is 0 Å². The van der Waals surface area contributed by atoms with Crippen LogP contribution in [0.25, 0.3) is 0 Å². The van der Waals surface area contributed by atoms with E-state index in [4.69, 9.17) is 14.2 Å². The SMILES string of the molecule is CN=C(NCCc1ccc2c(c1)OCCO2)N(C)CCOc1ccccc1.I. The minimum atomic E-state index is 0. The van der Waals surface area contributed by atoms with Gasteiger partial charge in [-0.1, -0.05) is 24.3 Å². The number of hydrogen-bond donors (Lipinski definition) is 1. The van der Waals surface area contributed by atoms with Crippen LogP contribution < -0.4 is 19.5 Å². The summed E-state index contributed by atoms with van der Waals surface area (Å²) in [7, 11) is 3.80. The number of benzene rings is 2. The average molecular weight is 497 g/mol. The van der Waals surface area contributed by atoms with Gasteiger partial charge in [-0.15, -0.1) is 24.0 Å². The lowest BCUT2D eigenvalue weighted by atomic mass is 10.1. The molecule has 7 heteroatoms. The van der Waals surface area contributed by atoms with Crippen molar-refractivity contribution >= 4 is 29.9 Å². The highest BCUT2D eigenvalue weighted by Crippen LogP contribution is 2.30. The number of ether oxygens (including phenoxy) is 3. The third-order valence-corrected chi connectivity index (χ3v) is 4.32. The zero-order chi connectivity index (χ0) is 18.9. The van der Waals surface area contributed by atoms with Crippen molar-refractivity contribution in [1.29, 1.82) is 0 Å². The molecule has 0 saturated carbocycles. The Balaban J connectivity index is 0.00000280. The molecule has 1 aliphatic rings. The predicted molar refractivity (Wildman–Crippen MR) is 122 cm³/mol. The quantitative estimate of drug-likeness (QED) is 0.362. The molecule has 0 atom stereocenters. The lowest BCUT2D eigenvalue weighted by Gasteiger charge is -2.22. The summed E-state index contributed by atoms with van der Waals surface area (Å²) in [5, 5.41) is 3.39. The summed E-state index contributed by atoms with van der Waals surface area (Å²) in [6, 6.07) is 15.9. The van der Waals surface area contributed by atoms with E-state index in [0.717, 1.165) is 42.7 Å². The molecule has 28 heavy (non-hydrogen) atoms. The Kier molecular flexibility index (Phi) is 9.19. The van der Waals surface area contributed by atoms with Crippen LogP contribution in [-0.4, -0.2) is 57.9 Å². The van der Waals surface area contributed by atoms with Crippen LogP contribution in [-0.2, 0) is 6.42 Å². The van der Waals surface area contributed by atoms with Crippen molar-refractivity contribution in [3.8, 4) is 17.2 Å². The molecule has 0 aromatic heterocycles. The van der Waals surface area contributed by atoms with Crippen LogP contribution in [0, 0.1) is 0 Å². The lowest BCUT2D eigenvalue weighted by molar-refractivity contribution is 0.171. The second-order valence-corrected chi connectivity index (χ2v) is 6.29. The topological polar surface area (TPSA) is 55.3 Å². The van der Waals surface area contributed by atoms with E-state index in [2.05, 4.69) is 27.3 Å². The van der Waals surface area contributed by atoms with Gasteiger partial charge in [0.15, 0.2) is 17.5 Å². The standard InChI is InChI=1S/C21H27N3O3.HI/c1-22-21(24(2)12-13-25-18-6-4-3-5-7-18)23-11-10-17-8-9-19-20(16-17)27-15-14-26-19;/h3-9,16H,10-15H2,1-2H3,(H,22,23);1H. The number of hydrogen-bond acceptors (Lipinski definition) is 4. The van der Waals surface area contributed by atoms with Gasteiger partial charge in [0.05, 0.1) is 6.54 Å². The first kappa shape index (κ1) is 22.1. The van der Waals surface area contributed by atoms with E-state index in [1.165, 1.54) is 5.56 Å². The third-order valence-electron chi connectivity index (χ3n) is 4.32. The van der Waals surface area contributed by atoms with Gasteiger partial charge in [0.2, 0.25) is 0 Å². The third kappa shape index (κ3) is 6.47. The van der Waals surface area contributed by atoms with Gasteiger partial charge in [-0.25, -0.2) is 0 Å². The van der Waals surface area contributed by atoms with Crippen LogP contribution in [0.2, 0.25) is 0 Å². The molecule has 0 saturated heterocycles. The van der Waals surface area contributed by atoms with E-state index >= 15 is 0 Å². The summed E-state index contributed by atoms with van der Waals surface area (Å²) in [5.74, 6) is 3.39. The minimum Gasteiger partial charge on any atom is -0.492 e. The molecule has 1 heterocycles. The molecule has 2 aromatic rings. The van der Waals surface area contributed by atoms with Crippen molar-refractivity contribution in [2.24, 2.45) is 4.99 Å². The van der Waals surface area contributed by atoms with E-state index < -0.39 is 0 Å². The van der Waals surface area contributed by atoms with Crippen molar-refractivity contribution < 1.29 is 14.2 Å². The van der Waals surface area contributed by atoms with Crippen molar-refractivity contribution in [1.82, 2.24) is 10.2 Å². The fourth-order valence-electron chi connectivity index (χ4n) is 2.87. The van der Waals surface area contributed by atoms with Crippen LogP contribution >= 0.6 is 24.0 Å². The van der Waals surface area contributed by atoms with Gasteiger partial charge in [-0.2, -0.15) is 0 Å². The number of guanidine groups is 1. The van der Waals surface area contributed by atoms with Crippen molar-refractivity contribution in [3.05, 3.63) is 54.1 Å².